The van der Waals surface area contributed by atoms with Gasteiger partial charge in [0.2, 0.25) is 0 Å². The lowest BCUT2D eigenvalue weighted by Crippen LogP contribution is -2.22. The molecule has 15 heavy (non-hydrogen) atoms. The molecular formula is C10H13N3S2. The van der Waals surface area contributed by atoms with E-state index in [1.807, 2.05) is 6.20 Å². The molecule has 0 saturated carbocycles. The number of aromatic nitrogens is 2. The van der Waals surface area contributed by atoms with Crippen LogP contribution >= 0.6 is 23.1 Å². The Morgan fingerprint density at radius 1 is 1.53 bits per heavy atom. The van der Waals surface area contributed by atoms with Gasteiger partial charge in [0.25, 0.3) is 0 Å². The lowest BCUT2D eigenvalue weighted by Gasteiger charge is -2.13. The maximum Gasteiger partial charge on any atom is 0.0965 e. The van der Waals surface area contributed by atoms with Crippen LogP contribution < -0.4 is 5.32 Å². The van der Waals surface area contributed by atoms with E-state index in [0.29, 0.717) is 0 Å². The zero-order valence-corrected chi connectivity index (χ0v) is 10.1. The number of rotatable bonds is 5. The summed E-state index contributed by atoms with van der Waals surface area (Å²) in [7, 11) is 0. The number of hydrogen-bond acceptors (Lipinski definition) is 5. The minimum absolute atomic E-state index is 0.212. The van der Waals surface area contributed by atoms with Crippen molar-refractivity contribution in [1.82, 2.24) is 14.1 Å². The van der Waals surface area contributed by atoms with Gasteiger partial charge in [-0.15, -0.1) is 11.3 Å². The molecule has 2 aromatic heterocycles. The molecule has 0 bridgehead atoms. The maximum absolute atomic E-state index is 4.30. The van der Waals surface area contributed by atoms with E-state index in [4.69, 9.17) is 0 Å². The van der Waals surface area contributed by atoms with Crippen LogP contribution in [0, 0.1) is 0 Å². The molecule has 5 heteroatoms. The zero-order valence-electron chi connectivity index (χ0n) is 8.51. The highest BCUT2D eigenvalue weighted by Gasteiger charge is 2.16. The van der Waals surface area contributed by atoms with Gasteiger partial charge in [-0.1, -0.05) is 13.0 Å². The summed E-state index contributed by atoms with van der Waals surface area (Å²) in [4.78, 5) is 1.30. The lowest BCUT2D eigenvalue weighted by molar-refractivity contribution is 0.597. The van der Waals surface area contributed by atoms with Crippen LogP contribution in [0.1, 0.15) is 30.0 Å². The van der Waals surface area contributed by atoms with Crippen LogP contribution in [-0.4, -0.2) is 15.3 Å². The van der Waals surface area contributed by atoms with Gasteiger partial charge in [0, 0.05) is 4.88 Å². The van der Waals surface area contributed by atoms with Crippen molar-refractivity contribution in [3.05, 3.63) is 34.3 Å². The Morgan fingerprint density at radius 3 is 3.07 bits per heavy atom. The fraction of sp³-hybridized carbons (Fsp3) is 0.400. The van der Waals surface area contributed by atoms with Crippen molar-refractivity contribution in [3.8, 4) is 0 Å². The number of hydrogen-bond donors (Lipinski definition) is 1. The van der Waals surface area contributed by atoms with Gasteiger partial charge in [-0.05, 0) is 24.4 Å². The average molecular weight is 239 g/mol. The number of nitrogens with one attached hydrogen (secondary N) is 1. The maximum atomic E-state index is 4.30. The van der Waals surface area contributed by atoms with Crippen LogP contribution in [0.5, 0.6) is 0 Å². The van der Waals surface area contributed by atoms with Crippen LogP contribution in [0.4, 0.5) is 0 Å². The van der Waals surface area contributed by atoms with E-state index in [0.717, 1.165) is 18.7 Å². The topological polar surface area (TPSA) is 37.8 Å². The fourth-order valence-electron chi connectivity index (χ4n) is 1.39. The molecule has 1 unspecified atom stereocenters. The standard InChI is InChI=1S/C10H13N3S2/c1-2-5-11-10(8-7-12-15-13-8)9-4-3-6-14-9/h3-4,6-7,10-11H,2,5H2,1H3. The van der Waals surface area contributed by atoms with Gasteiger partial charge in [-0.25, -0.2) is 0 Å². The zero-order chi connectivity index (χ0) is 10.5. The van der Waals surface area contributed by atoms with Crippen LogP contribution in [0.3, 0.4) is 0 Å². The third-order valence-electron chi connectivity index (χ3n) is 2.10. The van der Waals surface area contributed by atoms with E-state index >= 15 is 0 Å². The molecule has 2 rings (SSSR count). The third kappa shape index (κ3) is 2.62. The summed E-state index contributed by atoms with van der Waals surface area (Å²) in [6.07, 6.45) is 2.97. The molecule has 0 aliphatic heterocycles. The Hall–Kier alpha value is -0.780. The SMILES string of the molecule is CCCNC(c1cnsn1)c1cccs1. The highest BCUT2D eigenvalue weighted by molar-refractivity contribution is 7.10. The first-order valence-corrected chi connectivity index (χ1v) is 6.57. The second kappa shape index (κ2) is 5.34. The van der Waals surface area contributed by atoms with Gasteiger partial charge < -0.3 is 5.32 Å². The quantitative estimate of drug-likeness (QED) is 0.871. The van der Waals surface area contributed by atoms with E-state index < -0.39 is 0 Å². The first kappa shape index (κ1) is 10.7. The number of nitrogens with zero attached hydrogens (tertiary/aromatic N) is 2. The molecule has 1 N–H and O–H groups in total. The van der Waals surface area contributed by atoms with Gasteiger partial charge in [-0.2, -0.15) is 8.75 Å². The highest BCUT2D eigenvalue weighted by Crippen LogP contribution is 2.24. The molecule has 0 spiro atoms. The molecular weight excluding hydrogens is 226 g/mol. The monoisotopic (exact) mass is 239 g/mol. The molecule has 0 radical (unpaired) electrons. The summed E-state index contributed by atoms with van der Waals surface area (Å²) < 4.78 is 8.36. The van der Waals surface area contributed by atoms with Crippen molar-refractivity contribution >= 4 is 23.1 Å². The predicted octanol–water partition coefficient (Wildman–Crippen LogP) is 2.69. The van der Waals surface area contributed by atoms with Gasteiger partial charge in [0.05, 0.1) is 29.7 Å². The van der Waals surface area contributed by atoms with Crippen molar-refractivity contribution in [2.45, 2.75) is 19.4 Å². The van der Waals surface area contributed by atoms with Crippen LogP contribution in [-0.2, 0) is 0 Å². The van der Waals surface area contributed by atoms with Gasteiger partial charge in [0.1, 0.15) is 0 Å². The Kier molecular flexibility index (Phi) is 3.82. The van der Waals surface area contributed by atoms with Crippen LogP contribution in [0.2, 0.25) is 0 Å². The second-order valence-corrected chi connectivity index (χ2v) is 4.77. The summed E-state index contributed by atoms with van der Waals surface area (Å²) in [5.74, 6) is 0. The third-order valence-corrected chi connectivity index (χ3v) is 3.53. The molecule has 0 fully saturated rings. The molecule has 0 aliphatic rings. The van der Waals surface area contributed by atoms with Crippen LogP contribution in [0.15, 0.2) is 23.7 Å². The Labute approximate surface area is 97.5 Å². The summed E-state index contributed by atoms with van der Waals surface area (Å²) >= 11 is 3.02. The number of thiophene rings is 1. The normalized spacial score (nSPS) is 12.9. The highest BCUT2D eigenvalue weighted by atomic mass is 32.1. The Morgan fingerprint density at radius 2 is 2.47 bits per heavy atom. The van der Waals surface area contributed by atoms with E-state index in [1.54, 1.807) is 11.3 Å². The largest absolute Gasteiger partial charge is 0.304 e. The minimum Gasteiger partial charge on any atom is -0.304 e. The Balaban J connectivity index is 2.17. The lowest BCUT2D eigenvalue weighted by atomic mass is 10.2. The smallest absolute Gasteiger partial charge is 0.0965 e. The molecule has 0 aromatic carbocycles. The molecule has 3 nitrogen and oxygen atoms in total. The van der Waals surface area contributed by atoms with Crippen molar-refractivity contribution in [1.29, 1.82) is 0 Å². The summed E-state index contributed by atoms with van der Waals surface area (Å²) in [6.45, 7) is 3.16. The van der Waals surface area contributed by atoms with E-state index in [9.17, 15) is 0 Å². The van der Waals surface area contributed by atoms with Crippen molar-refractivity contribution in [2.75, 3.05) is 6.54 Å². The van der Waals surface area contributed by atoms with Gasteiger partial charge in [-0.3, -0.25) is 0 Å². The molecule has 80 valence electrons. The summed E-state index contributed by atoms with van der Waals surface area (Å²) in [6, 6.07) is 4.42. The van der Waals surface area contributed by atoms with Crippen molar-refractivity contribution < 1.29 is 0 Å². The van der Waals surface area contributed by atoms with Crippen molar-refractivity contribution in [3.63, 3.8) is 0 Å². The summed E-state index contributed by atoms with van der Waals surface area (Å²) in [5, 5.41) is 5.58. The first-order chi connectivity index (χ1) is 7.42. The second-order valence-electron chi connectivity index (χ2n) is 3.23. The molecule has 0 saturated heterocycles. The summed E-state index contributed by atoms with van der Waals surface area (Å²) in [5.41, 5.74) is 1.02. The predicted molar refractivity (Wildman–Crippen MR) is 64.4 cm³/mol. The Bertz CT molecular complexity index is 335. The van der Waals surface area contributed by atoms with Gasteiger partial charge >= 0.3 is 0 Å². The molecule has 0 amide bonds. The van der Waals surface area contributed by atoms with E-state index in [1.165, 1.54) is 16.6 Å². The van der Waals surface area contributed by atoms with E-state index in [2.05, 4.69) is 38.5 Å². The van der Waals surface area contributed by atoms with E-state index in [-0.39, 0.29) is 6.04 Å². The fourth-order valence-corrected chi connectivity index (χ4v) is 2.65. The van der Waals surface area contributed by atoms with Crippen LogP contribution in [0.25, 0.3) is 0 Å². The van der Waals surface area contributed by atoms with Crippen molar-refractivity contribution in [2.24, 2.45) is 0 Å². The first-order valence-electron chi connectivity index (χ1n) is 4.96. The molecule has 2 heterocycles. The molecule has 1 atom stereocenters. The average Bonchev–Trinajstić information content (AvgIpc) is 2.90. The molecule has 0 aliphatic carbocycles. The van der Waals surface area contributed by atoms with Gasteiger partial charge in [0.15, 0.2) is 0 Å². The minimum atomic E-state index is 0.212. The molecule has 2 aromatic rings.